The zero-order valence-corrected chi connectivity index (χ0v) is 13.6. The van der Waals surface area contributed by atoms with Gasteiger partial charge in [-0.3, -0.25) is 0 Å². The molecule has 0 unspecified atom stereocenters. The number of hydrogen-bond acceptors (Lipinski definition) is 1. The fourth-order valence-electron chi connectivity index (χ4n) is 3.31. The molecule has 0 atom stereocenters. The second kappa shape index (κ2) is 5.56. The molecule has 0 bridgehead atoms. The molecule has 1 heterocycles. The van der Waals surface area contributed by atoms with E-state index in [2.05, 4.69) is 77.5 Å². The van der Waals surface area contributed by atoms with E-state index in [9.17, 15) is 0 Å². The topological polar surface area (TPSA) is 21.7 Å². The summed E-state index contributed by atoms with van der Waals surface area (Å²) in [7, 11) is 0. The average Bonchev–Trinajstić information content (AvgIpc) is 3.09. The third kappa shape index (κ3) is 2.21. The summed E-state index contributed by atoms with van der Waals surface area (Å²) in [4.78, 5) is 1.98. The highest BCUT2D eigenvalue weighted by Crippen LogP contribution is 2.23. The summed E-state index contributed by atoms with van der Waals surface area (Å²) in [6.45, 7) is 0. The summed E-state index contributed by atoms with van der Waals surface area (Å²) < 4.78 is 2.16. The highest BCUT2D eigenvalue weighted by molar-refractivity contribution is 6.02. The molecule has 0 aliphatic carbocycles. The van der Waals surface area contributed by atoms with Gasteiger partial charge in [0.1, 0.15) is 5.69 Å². The summed E-state index contributed by atoms with van der Waals surface area (Å²) >= 11 is 0. The third-order valence-corrected chi connectivity index (χ3v) is 4.48. The molecule has 0 fully saturated rings. The summed E-state index contributed by atoms with van der Waals surface area (Å²) in [6, 6.07) is 33.3. The minimum absolute atomic E-state index is 1.01. The van der Waals surface area contributed by atoms with E-state index in [4.69, 9.17) is 5.10 Å². The van der Waals surface area contributed by atoms with Crippen molar-refractivity contribution in [2.24, 2.45) is 0 Å². The van der Waals surface area contributed by atoms with Crippen molar-refractivity contribution in [3.8, 4) is 11.4 Å². The maximum Gasteiger partial charge on any atom is 0.257 e. The van der Waals surface area contributed by atoms with Crippen LogP contribution in [0.1, 0.15) is 0 Å². The smallest absolute Gasteiger partial charge is 0.112 e. The second-order valence-corrected chi connectivity index (χ2v) is 6.03. The van der Waals surface area contributed by atoms with Crippen molar-refractivity contribution >= 4 is 21.8 Å². The lowest BCUT2D eigenvalue weighted by Gasteiger charge is -2.02. The first-order valence-corrected chi connectivity index (χ1v) is 8.35. The molecule has 0 aliphatic heterocycles. The van der Waals surface area contributed by atoms with Gasteiger partial charge in [0.05, 0.1) is 5.10 Å². The summed E-state index contributed by atoms with van der Waals surface area (Å²) in [6.07, 6.45) is 0. The van der Waals surface area contributed by atoms with Gasteiger partial charge in [-0.25, -0.2) is 0 Å². The number of rotatable bonds is 2. The quantitative estimate of drug-likeness (QED) is 0.440. The Balaban J connectivity index is 1.93. The number of nitrogens with zero attached hydrogens (tertiary/aromatic N) is 3. The lowest BCUT2D eigenvalue weighted by atomic mass is 10.1. The first-order chi connectivity index (χ1) is 12.4. The van der Waals surface area contributed by atoms with E-state index in [-0.39, 0.29) is 0 Å². The fourth-order valence-corrected chi connectivity index (χ4v) is 3.31. The predicted octanol–water partition coefficient (Wildman–Crippen LogP) is 4.46. The number of benzene rings is 4. The van der Waals surface area contributed by atoms with Crippen LogP contribution in [0.25, 0.3) is 33.2 Å². The van der Waals surface area contributed by atoms with Crippen molar-refractivity contribution in [3.63, 3.8) is 0 Å². The molecule has 3 nitrogen and oxygen atoms in total. The zero-order chi connectivity index (χ0) is 16.6. The van der Waals surface area contributed by atoms with Crippen LogP contribution in [-0.2, 0) is 0 Å². The molecule has 25 heavy (non-hydrogen) atoms. The SMILES string of the molecule is c1ccc(-n2nc3c4ccccc4ccc3[n+]2-c2ccccc2)cc1. The first-order valence-electron chi connectivity index (χ1n) is 8.35. The van der Waals surface area contributed by atoms with Crippen LogP contribution in [0.4, 0.5) is 0 Å². The Bertz CT molecular complexity index is 1180. The van der Waals surface area contributed by atoms with Crippen LogP contribution in [-0.4, -0.2) is 9.90 Å². The van der Waals surface area contributed by atoms with Crippen molar-refractivity contribution in [2.45, 2.75) is 0 Å². The van der Waals surface area contributed by atoms with E-state index in [1.807, 2.05) is 29.1 Å². The largest absolute Gasteiger partial charge is 0.257 e. The number of para-hydroxylation sites is 2. The molecule has 4 aromatic carbocycles. The highest BCUT2D eigenvalue weighted by Gasteiger charge is 2.23. The first kappa shape index (κ1) is 13.9. The zero-order valence-electron chi connectivity index (χ0n) is 13.6. The van der Waals surface area contributed by atoms with Crippen molar-refractivity contribution < 1.29 is 4.68 Å². The number of fused-ring (bicyclic) bond motifs is 3. The van der Waals surface area contributed by atoms with Crippen molar-refractivity contribution in [2.75, 3.05) is 0 Å². The Morgan fingerprint density at radius 3 is 2.12 bits per heavy atom. The van der Waals surface area contributed by atoms with Gasteiger partial charge >= 0.3 is 0 Å². The molecule has 3 heteroatoms. The maximum atomic E-state index is 4.97. The Hall–Kier alpha value is -3.46. The Labute approximate surface area is 145 Å². The van der Waals surface area contributed by atoms with Gasteiger partial charge in [-0.05, 0) is 52.6 Å². The molecule has 0 N–H and O–H groups in total. The normalized spacial score (nSPS) is 11.2. The van der Waals surface area contributed by atoms with Gasteiger partial charge in [0.2, 0.25) is 5.52 Å². The molecule has 118 valence electrons. The Morgan fingerprint density at radius 1 is 0.640 bits per heavy atom. The third-order valence-electron chi connectivity index (χ3n) is 4.48. The van der Waals surface area contributed by atoms with Crippen molar-refractivity contribution in [3.05, 3.63) is 97.1 Å². The van der Waals surface area contributed by atoms with E-state index >= 15 is 0 Å². The lowest BCUT2D eigenvalue weighted by molar-refractivity contribution is -0.655. The summed E-state index contributed by atoms with van der Waals surface area (Å²) in [5.41, 5.74) is 4.22. The van der Waals surface area contributed by atoms with Crippen molar-refractivity contribution in [1.82, 2.24) is 9.90 Å². The minimum atomic E-state index is 1.01. The molecule has 0 aliphatic rings. The lowest BCUT2D eigenvalue weighted by Crippen LogP contribution is -2.40. The monoisotopic (exact) mass is 322 g/mol. The maximum absolute atomic E-state index is 4.97. The molecule has 0 spiro atoms. The summed E-state index contributed by atoms with van der Waals surface area (Å²) in [5.74, 6) is 0. The Kier molecular flexibility index (Phi) is 3.10. The van der Waals surface area contributed by atoms with E-state index in [0.717, 1.165) is 22.4 Å². The Morgan fingerprint density at radius 2 is 1.32 bits per heavy atom. The number of hydrogen-bond donors (Lipinski definition) is 0. The van der Waals surface area contributed by atoms with Gasteiger partial charge in [0.15, 0.2) is 5.69 Å². The van der Waals surface area contributed by atoms with E-state index in [1.54, 1.807) is 0 Å². The van der Waals surface area contributed by atoms with Crippen LogP contribution >= 0.6 is 0 Å². The fraction of sp³-hybridized carbons (Fsp3) is 0. The molecule has 0 saturated carbocycles. The van der Waals surface area contributed by atoms with Gasteiger partial charge in [-0.15, -0.1) is 4.68 Å². The standard InChI is InChI=1S/C22H16N3/c1-3-10-18(11-4-1)24-21-16-15-17-9-7-8-14-20(17)22(21)23-25(24)19-12-5-2-6-13-19/h1-16H/q+1. The molecule has 0 saturated heterocycles. The van der Waals surface area contributed by atoms with E-state index in [1.165, 1.54) is 10.8 Å². The van der Waals surface area contributed by atoms with E-state index < -0.39 is 0 Å². The van der Waals surface area contributed by atoms with Gasteiger partial charge in [0, 0.05) is 5.39 Å². The van der Waals surface area contributed by atoms with Crippen molar-refractivity contribution in [1.29, 1.82) is 0 Å². The second-order valence-electron chi connectivity index (χ2n) is 6.03. The molecule has 0 amide bonds. The van der Waals surface area contributed by atoms with Crippen LogP contribution in [0.3, 0.4) is 0 Å². The summed E-state index contributed by atoms with van der Waals surface area (Å²) in [5, 5.41) is 7.33. The van der Waals surface area contributed by atoms with Crippen LogP contribution in [0.2, 0.25) is 0 Å². The van der Waals surface area contributed by atoms with Gasteiger partial charge in [-0.2, -0.15) is 0 Å². The highest BCUT2D eigenvalue weighted by atomic mass is 15.5. The molecule has 5 aromatic rings. The number of aromatic nitrogens is 3. The van der Waals surface area contributed by atoms with Crippen LogP contribution in [0, 0.1) is 0 Å². The minimum Gasteiger partial charge on any atom is -0.112 e. The molecule has 5 rings (SSSR count). The van der Waals surface area contributed by atoms with Crippen LogP contribution < -0.4 is 4.68 Å². The molecular weight excluding hydrogens is 306 g/mol. The molecule has 0 radical (unpaired) electrons. The van der Waals surface area contributed by atoms with Gasteiger partial charge in [0.25, 0.3) is 5.52 Å². The van der Waals surface area contributed by atoms with E-state index in [0.29, 0.717) is 0 Å². The predicted molar refractivity (Wildman–Crippen MR) is 100 cm³/mol. The van der Waals surface area contributed by atoms with Gasteiger partial charge < -0.3 is 0 Å². The molecular formula is C22H16N3+. The average molecular weight is 322 g/mol. The van der Waals surface area contributed by atoms with Gasteiger partial charge in [-0.1, -0.05) is 54.6 Å². The molecule has 1 aromatic heterocycles. The van der Waals surface area contributed by atoms with Crippen LogP contribution in [0.5, 0.6) is 0 Å². The van der Waals surface area contributed by atoms with Crippen LogP contribution in [0.15, 0.2) is 97.1 Å².